The maximum absolute atomic E-state index is 6.22. The third-order valence-corrected chi connectivity index (χ3v) is 4.63. The van der Waals surface area contributed by atoms with Crippen LogP contribution >= 0.6 is 27.5 Å². The van der Waals surface area contributed by atoms with Crippen molar-refractivity contribution in [1.82, 2.24) is 4.57 Å². The molecule has 0 spiro atoms. The van der Waals surface area contributed by atoms with Crippen molar-refractivity contribution in [2.75, 3.05) is 0 Å². The van der Waals surface area contributed by atoms with Gasteiger partial charge in [0.1, 0.15) is 0 Å². The molecule has 0 amide bonds. The number of fused-ring (bicyclic) bond motifs is 3. The lowest BCUT2D eigenvalue weighted by molar-refractivity contribution is 1.17. The molecule has 0 bridgehead atoms. The van der Waals surface area contributed by atoms with E-state index in [0.717, 1.165) is 20.7 Å². The summed E-state index contributed by atoms with van der Waals surface area (Å²) in [6.45, 7) is 0. The Balaban J connectivity index is 2.24. The van der Waals surface area contributed by atoms with E-state index >= 15 is 0 Å². The van der Waals surface area contributed by atoms with Gasteiger partial charge in [-0.05, 0) is 46.3 Å². The lowest BCUT2D eigenvalue weighted by atomic mass is 10.2. The Labute approximate surface area is 135 Å². The fourth-order valence-electron chi connectivity index (χ4n) is 2.84. The Morgan fingerprint density at radius 1 is 0.762 bits per heavy atom. The normalized spacial score (nSPS) is 11.3. The summed E-state index contributed by atoms with van der Waals surface area (Å²) in [5, 5.41) is 3.20. The van der Waals surface area contributed by atoms with Crippen LogP contribution in [0.4, 0.5) is 0 Å². The Morgan fingerprint density at radius 2 is 1.48 bits per heavy atom. The fourth-order valence-corrected chi connectivity index (χ4v) is 3.46. The van der Waals surface area contributed by atoms with Crippen LogP contribution in [0.5, 0.6) is 0 Å². The van der Waals surface area contributed by atoms with Gasteiger partial charge in [0.05, 0.1) is 16.7 Å². The molecular formula is C18H11BrClN. The van der Waals surface area contributed by atoms with Gasteiger partial charge < -0.3 is 4.57 Å². The molecule has 0 radical (unpaired) electrons. The standard InChI is InChI=1S/C18H11BrClN/c19-15-6-2-4-8-17(15)21-16-7-3-1-5-13(16)14-10-9-12(20)11-18(14)21/h1-11H. The van der Waals surface area contributed by atoms with Gasteiger partial charge in [0, 0.05) is 20.3 Å². The van der Waals surface area contributed by atoms with Crippen LogP contribution in [0.3, 0.4) is 0 Å². The third kappa shape index (κ3) is 1.98. The van der Waals surface area contributed by atoms with Crippen LogP contribution in [0.25, 0.3) is 27.5 Å². The number of para-hydroxylation sites is 2. The summed E-state index contributed by atoms with van der Waals surface area (Å²) < 4.78 is 3.31. The number of hydrogen-bond acceptors (Lipinski definition) is 0. The summed E-state index contributed by atoms with van der Waals surface area (Å²) in [7, 11) is 0. The number of benzene rings is 3. The molecule has 0 saturated carbocycles. The maximum Gasteiger partial charge on any atom is 0.0604 e. The minimum Gasteiger partial charge on any atom is -0.308 e. The predicted octanol–water partition coefficient (Wildman–Crippen LogP) is 6.20. The fraction of sp³-hybridized carbons (Fsp3) is 0. The molecule has 3 aromatic carbocycles. The van der Waals surface area contributed by atoms with Gasteiger partial charge in [-0.1, -0.05) is 48.0 Å². The second-order valence-electron chi connectivity index (χ2n) is 4.97. The zero-order valence-electron chi connectivity index (χ0n) is 11.1. The summed E-state index contributed by atoms with van der Waals surface area (Å²) in [4.78, 5) is 0. The molecule has 3 heteroatoms. The molecule has 0 aliphatic rings. The number of nitrogens with zero attached hydrogens (tertiary/aromatic N) is 1. The predicted molar refractivity (Wildman–Crippen MR) is 93.5 cm³/mol. The van der Waals surface area contributed by atoms with Crippen LogP contribution in [0.1, 0.15) is 0 Å². The van der Waals surface area contributed by atoms with E-state index < -0.39 is 0 Å². The molecule has 0 aliphatic heterocycles. The van der Waals surface area contributed by atoms with E-state index in [-0.39, 0.29) is 0 Å². The molecule has 4 aromatic rings. The lowest BCUT2D eigenvalue weighted by Crippen LogP contribution is -1.94. The molecule has 0 atom stereocenters. The smallest absolute Gasteiger partial charge is 0.0604 e. The molecule has 0 fully saturated rings. The van der Waals surface area contributed by atoms with Crippen LogP contribution in [0.2, 0.25) is 5.02 Å². The molecule has 0 aliphatic carbocycles. The second kappa shape index (κ2) is 4.90. The zero-order chi connectivity index (χ0) is 14.4. The van der Waals surface area contributed by atoms with Crippen LogP contribution < -0.4 is 0 Å². The average Bonchev–Trinajstić information content (AvgIpc) is 2.81. The third-order valence-electron chi connectivity index (χ3n) is 3.73. The Bertz CT molecular complexity index is 971. The van der Waals surface area contributed by atoms with Crippen molar-refractivity contribution in [2.45, 2.75) is 0 Å². The molecule has 1 aromatic heterocycles. The molecule has 0 saturated heterocycles. The van der Waals surface area contributed by atoms with Crippen LogP contribution in [0, 0.1) is 0 Å². The first kappa shape index (κ1) is 12.9. The molecule has 1 nitrogen and oxygen atoms in total. The Kier molecular flexibility index (Phi) is 3.02. The first-order valence-corrected chi connectivity index (χ1v) is 7.86. The topological polar surface area (TPSA) is 4.93 Å². The van der Waals surface area contributed by atoms with Gasteiger partial charge in [-0.3, -0.25) is 0 Å². The van der Waals surface area contributed by atoms with Crippen molar-refractivity contribution < 1.29 is 0 Å². The highest BCUT2D eigenvalue weighted by atomic mass is 79.9. The van der Waals surface area contributed by atoms with E-state index in [0.29, 0.717) is 0 Å². The molecule has 21 heavy (non-hydrogen) atoms. The average molecular weight is 357 g/mol. The molecule has 1 heterocycles. The van der Waals surface area contributed by atoms with Gasteiger partial charge in [-0.2, -0.15) is 0 Å². The number of rotatable bonds is 1. The van der Waals surface area contributed by atoms with Crippen molar-refractivity contribution >= 4 is 49.3 Å². The summed E-state index contributed by atoms with van der Waals surface area (Å²) in [6, 6.07) is 22.7. The highest BCUT2D eigenvalue weighted by molar-refractivity contribution is 9.10. The van der Waals surface area contributed by atoms with Gasteiger partial charge in [-0.25, -0.2) is 0 Å². The van der Waals surface area contributed by atoms with Crippen molar-refractivity contribution in [3.8, 4) is 5.69 Å². The second-order valence-corrected chi connectivity index (χ2v) is 6.26. The number of aromatic nitrogens is 1. The minimum absolute atomic E-state index is 0.749. The summed E-state index contributed by atoms with van der Waals surface area (Å²) in [6.07, 6.45) is 0. The van der Waals surface area contributed by atoms with Gasteiger partial charge >= 0.3 is 0 Å². The van der Waals surface area contributed by atoms with E-state index in [9.17, 15) is 0 Å². The summed E-state index contributed by atoms with van der Waals surface area (Å²) >= 11 is 9.87. The van der Waals surface area contributed by atoms with Gasteiger partial charge in [-0.15, -0.1) is 0 Å². The van der Waals surface area contributed by atoms with Gasteiger partial charge in [0.15, 0.2) is 0 Å². The lowest BCUT2D eigenvalue weighted by Gasteiger charge is -2.09. The zero-order valence-corrected chi connectivity index (χ0v) is 13.4. The monoisotopic (exact) mass is 355 g/mol. The minimum atomic E-state index is 0.749. The Hall–Kier alpha value is -1.77. The maximum atomic E-state index is 6.22. The van der Waals surface area contributed by atoms with Crippen molar-refractivity contribution in [3.63, 3.8) is 0 Å². The largest absolute Gasteiger partial charge is 0.308 e. The van der Waals surface area contributed by atoms with E-state index in [1.807, 2.05) is 24.3 Å². The van der Waals surface area contributed by atoms with Crippen molar-refractivity contribution in [2.24, 2.45) is 0 Å². The molecule has 0 unspecified atom stereocenters. The molecule has 0 N–H and O–H groups in total. The highest BCUT2D eigenvalue weighted by Crippen LogP contribution is 2.35. The van der Waals surface area contributed by atoms with Gasteiger partial charge in [0.2, 0.25) is 0 Å². The first-order chi connectivity index (χ1) is 10.3. The van der Waals surface area contributed by atoms with Crippen molar-refractivity contribution in [3.05, 3.63) is 76.2 Å². The quantitative estimate of drug-likeness (QED) is 0.382. The van der Waals surface area contributed by atoms with Crippen LogP contribution in [-0.4, -0.2) is 4.57 Å². The molecule has 102 valence electrons. The van der Waals surface area contributed by atoms with E-state index in [4.69, 9.17) is 11.6 Å². The highest BCUT2D eigenvalue weighted by Gasteiger charge is 2.13. The number of halogens is 2. The SMILES string of the molecule is Clc1ccc2c3ccccc3n(-c3ccccc3Br)c2c1. The molecule has 4 rings (SSSR count). The summed E-state index contributed by atoms with van der Waals surface area (Å²) in [5.41, 5.74) is 3.42. The van der Waals surface area contributed by atoms with Crippen molar-refractivity contribution in [1.29, 1.82) is 0 Å². The van der Waals surface area contributed by atoms with Crippen LogP contribution in [0.15, 0.2) is 71.2 Å². The van der Waals surface area contributed by atoms with E-state index in [1.165, 1.54) is 16.3 Å². The first-order valence-electron chi connectivity index (χ1n) is 6.69. The molecular weight excluding hydrogens is 346 g/mol. The number of hydrogen-bond donors (Lipinski definition) is 0. The van der Waals surface area contributed by atoms with E-state index in [2.05, 4.69) is 63.0 Å². The summed E-state index contributed by atoms with van der Waals surface area (Å²) in [5.74, 6) is 0. The van der Waals surface area contributed by atoms with E-state index in [1.54, 1.807) is 0 Å². The Morgan fingerprint density at radius 3 is 2.33 bits per heavy atom. The van der Waals surface area contributed by atoms with Gasteiger partial charge in [0.25, 0.3) is 0 Å². The van der Waals surface area contributed by atoms with Crippen LogP contribution in [-0.2, 0) is 0 Å².